The van der Waals surface area contributed by atoms with Gasteiger partial charge in [0.25, 0.3) is 10.0 Å². The average molecular weight is 387 g/mol. The summed E-state index contributed by atoms with van der Waals surface area (Å²) in [5.74, 6) is 0.203. The third-order valence-corrected chi connectivity index (χ3v) is 5.02. The molecule has 3 aromatic carbocycles. The molecule has 0 aromatic heterocycles. The first kappa shape index (κ1) is 18.0. The fourth-order valence-electron chi connectivity index (χ4n) is 2.24. The van der Waals surface area contributed by atoms with Crippen LogP contribution < -0.4 is 5.32 Å². The van der Waals surface area contributed by atoms with Crippen molar-refractivity contribution in [2.45, 2.75) is 4.90 Å². The number of phenols is 1. The van der Waals surface area contributed by atoms with Crippen molar-refractivity contribution in [1.82, 2.24) is 0 Å². The van der Waals surface area contributed by atoms with Gasteiger partial charge in [-0.1, -0.05) is 48.0 Å². The Morgan fingerprint density at radius 1 is 0.923 bits per heavy atom. The van der Waals surface area contributed by atoms with E-state index in [2.05, 4.69) is 9.71 Å². The molecule has 26 heavy (non-hydrogen) atoms. The number of anilines is 1. The smallest absolute Gasteiger partial charge is 0.284 e. The zero-order valence-corrected chi connectivity index (χ0v) is 15.1. The summed E-state index contributed by atoms with van der Waals surface area (Å²) in [6.07, 6.45) is 0. The molecule has 2 N–H and O–H groups in total. The van der Waals surface area contributed by atoms with E-state index in [0.29, 0.717) is 16.3 Å². The number of halogens is 1. The van der Waals surface area contributed by atoms with Gasteiger partial charge in [-0.05, 0) is 36.4 Å². The minimum Gasteiger partial charge on any atom is -0.508 e. The van der Waals surface area contributed by atoms with Crippen LogP contribution >= 0.6 is 11.6 Å². The maximum Gasteiger partial charge on any atom is 0.284 e. The summed E-state index contributed by atoms with van der Waals surface area (Å²) < 4.78 is 29.3. The SMILES string of the molecule is O=S(=O)(/N=C(/Nc1cccc(O)c1)c1ccccc1)c1ccc(Cl)cc1. The second-order valence-electron chi connectivity index (χ2n) is 5.41. The fourth-order valence-corrected chi connectivity index (χ4v) is 3.35. The molecule has 0 unspecified atom stereocenters. The predicted molar refractivity (Wildman–Crippen MR) is 103 cm³/mol. The number of phenolic OH excluding ortho intramolecular Hbond substituents is 1. The van der Waals surface area contributed by atoms with Gasteiger partial charge in [-0.2, -0.15) is 8.42 Å². The first-order valence-electron chi connectivity index (χ1n) is 7.66. The van der Waals surface area contributed by atoms with Gasteiger partial charge in [0, 0.05) is 22.3 Å². The van der Waals surface area contributed by atoms with Crippen LogP contribution in [-0.4, -0.2) is 19.4 Å². The molecule has 0 fully saturated rings. The molecule has 0 atom stereocenters. The van der Waals surface area contributed by atoms with Gasteiger partial charge in [-0.25, -0.2) is 0 Å². The zero-order chi connectivity index (χ0) is 18.6. The number of benzene rings is 3. The Morgan fingerprint density at radius 2 is 1.62 bits per heavy atom. The Balaban J connectivity index is 2.05. The number of sulfonamides is 1. The van der Waals surface area contributed by atoms with Crippen molar-refractivity contribution >= 4 is 33.1 Å². The Hall–Kier alpha value is -2.83. The average Bonchev–Trinajstić information content (AvgIpc) is 2.62. The second-order valence-corrected chi connectivity index (χ2v) is 7.45. The van der Waals surface area contributed by atoms with E-state index < -0.39 is 10.0 Å². The first-order valence-corrected chi connectivity index (χ1v) is 9.48. The molecule has 0 bridgehead atoms. The minimum atomic E-state index is -3.95. The highest BCUT2D eigenvalue weighted by Gasteiger charge is 2.16. The van der Waals surface area contributed by atoms with E-state index in [9.17, 15) is 13.5 Å². The van der Waals surface area contributed by atoms with Crippen LogP contribution in [0, 0.1) is 0 Å². The van der Waals surface area contributed by atoms with Crippen LogP contribution in [0.3, 0.4) is 0 Å². The monoisotopic (exact) mass is 386 g/mol. The highest BCUT2D eigenvalue weighted by atomic mass is 35.5. The molecule has 7 heteroatoms. The molecule has 0 saturated carbocycles. The van der Waals surface area contributed by atoms with Crippen LogP contribution in [0.15, 0.2) is 88.2 Å². The van der Waals surface area contributed by atoms with E-state index in [0.717, 1.165) is 0 Å². The van der Waals surface area contributed by atoms with Gasteiger partial charge in [0.1, 0.15) is 5.75 Å². The molecule has 0 saturated heterocycles. The predicted octanol–water partition coefficient (Wildman–Crippen LogP) is 4.29. The Bertz CT molecular complexity index is 1030. The lowest BCUT2D eigenvalue weighted by molar-refractivity contribution is 0.475. The van der Waals surface area contributed by atoms with E-state index in [1.54, 1.807) is 36.4 Å². The van der Waals surface area contributed by atoms with Gasteiger partial charge >= 0.3 is 0 Å². The standard InChI is InChI=1S/C19H15ClN2O3S/c20-15-9-11-18(12-10-15)26(24,25)22-19(14-5-2-1-3-6-14)21-16-7-4-8-17(23)13-16/h1-13,23H,(H,21,22). The topological polar surface area (TPSA) is 78.8 Å². The molecular formula is C19H15ClN2O3S. The molecule has 3 rings (SSSR count). The van der Waals surface area contributed by atoms with Crippen LogP contribution in [0.4, 0.5) is 5.69 Å². The Labute approximate surface area is 156 Å². The molecule has 3 aromatic rings. The van der Waals surface area contributed by atoms with E-state index in [4.69, 9.17) is 11.6 Å². The maximum atomic E-state index is 12.7. The van der Waals surface area contributed by atoms with E-state index in [1.807, 2.05) is 6.07 Å². The molecule has 0 radical (unpaired) electrons. The summed E-state index contributed by atoms with van der Waals surface area (Å²) in [6.45, 7) is 0. The number of nitrogens with one attached hydrogen (secondary N) is 1. The van der Waals surface area contributed by atoms with Crippen LogP contribution in [0.2, 0.25) is 5.02 Å². The summed E-state index contributed by atoms with van der Waals surface area (Å²) in [6, 6.07) is 21.0. The van der Waals surface area contributed by atoms with E-state index in [-0.39, 0.29) is 16.5 Å². The molecule has 5 nitrogen and oxygen atoms in total. The summed E-state index contributed by atoms with van der Waals surface area (Å²) in [4.78, 5) is 0.0352. The number of aromatic hydroxyl groups is 1. The number of hydrogen-bond acceptors (Lipinski definition) is 3. The van der Waals surface area contributed by atoms with Crippen molar-refractivity contribution in [1.29, 1.82) is 0 Å². The van der Waals surface area contributed by atoms with Gasteiger partial charge in [0.05, 0.1) is 4.90 Å². The van der Waals surface area contributed by atoms with Crippen LogP contribution in [0.1, 0.15) is 5.56 Å². The summed E-state index contributed by atoms with van der Waals surface area (Å²) >= 11 is 5.82. The van der Waals surface area contributed by atoms with Crippen LogP contribution in [-0.2, 0) is 10.0 Å². The first-order chi connectivity index (χ1) is 12.4. The molecular weight excluding hydrogens is 372 g/mol. The van der Waals surface area contributed by atoms with Gasteiger partial charge in [-0.3, -0.25) is 0 Å². The molecule has 0 amide bonds. The lowest BCUT2D eigenvalue weighted by atomic mass is 10.2. The third-order valence-electron chi connectivity index (χ3n) is 3.48. The van der Waals surface area contributed by atoms with Crippen molar-refractivity contribution in [3.63, 3.8) is 0 Å². The third kappa shape index (κ3) is 4.41. The lowest BCUT2D eigenvalue weighted by Gasteiger charge is -2.11. The molecule has 0 aliphatic heterocycles. The van der Waals surface area contributed by atoms with Gasteiger partial charge in [0.15, 0.2) is 5.84 Å². The Morgan fingerprint density at radius 3 is 2.27 bits per heavy atom. The summed E-state index contributed by atoms with van der Waals surface area (Å²) in [7, 11) is -3.95. The molecule has 0 aliphatic rings. The molecule has 0 aliphatic carbocycles. The van der Waals surface area contributed by atoms with Crippen molar-refractivity contribution in [3.05, 3.63) is 89.4 Å². The number of rotatable bonds is 4. The zero-order valence-electron chi connectivity index (χ0n) is 13.5. The summed E-state index contributed by atoms with van der Waals surface area (Å²) in [5, 5.41) is 13.0. The molecule has 0 heterocycles. The van der Waals surface area contributed by atoms with E-state index in [1.165, 1.54) is 36.4 Å². The number of amidine groups is 1. The van der Waals surface area contributed by atoms with Crippen molar-refractivity contribution in [2.24, 2.45) is 4.40 Å². The normalized spacial score (nSPS) is 12.0. The maximum absolute atomic E-state index is 12.7. The van der Waals surface area contributed by atoms with Gasteiger partial charge in [0.2, 0.25) is 0 Å². The van der Waals surface area contributed by atoms with Crippen LogP contribution in [0.5, 0.6) is 5.75 Å². The highest BCUT2D eigenvalue weighted by Crippen LogP contribution is 2.20. The van der Waals surface area contributed by atoms with Gasteiger partial charge < -0.3 is 10.4 Å². The molecule has 0 spiro atoms. The number of hydrogen-bond donors (Lipinski definition) is 2. The largest absolute Gasteiger partial charge is 0.508 e. The highest BCUT2D eigenvalue weighted by molar-refractivity contribution is 7.90. The summed E-state index contributed by atoms with van der Waals surface area (Å²) in [5.41, 5.74) is 1.10. The van der Waals surface area contributed by atoms with Crippen molar-refractivity contribution in [2.75, 3.05) is 5.32 Å². The van der Waals surface area contributed by atoms with Gasteiger partial charge in [-0.15, -0.1) is 4.40 Å². The second kappa shape index (κ2) is 7.59. The molecule has 132 valence electrons. The number of nitrogens with zero attached hydrogens (tertiary/aromatic N) is 1. The van der Waals surface area contributed by atoms with Crippen molar-refractivity contribution in [3.8, 4) is 5.75 Å². The van der Waals surface area contributed by atoms with E-state index >= 15 is 0 Å². The minimum absolute atomic E-state index is 0.0352. The van der Waals surface area contributed by atoms with Crippen molar-refractivity contribution < 1.29 is 13.5 Å². The Kier molecular flexibility index (Phi) is 5.25. The quantitative estimate of drug-likeness (QED) is 0.517. The lowest BCUT2D eigenvalue weighted by Crippen LogP contribution is -2.16. The fraction of sp³-hybridized carbons (Fsp3) is 0. The van der Waals surface area contributed by atoms with Crippen LogP contribution in [0.25, 0.3) is 0 Å².